The van der Waals surface area contributed by atoms with Crippen LogP contribution in [-0.2, 0) is 9.53 Å². The first kappa shape index (κ1) is 17.4. The van der Waals surface area contributed by atoms with Crippen molar-refractivity contribution in [3.8, 4) is 17.2 Å². The van der Waals surface area contributed by atoms with E-state index in [9.17, 15) is 9.59 Å². The van der Waals surface area contributed by atoms with Crippen molar-refractivity contribution in [2.24, 2.45) is 0 Å². The first-order chi connectivity index (χ1) is 12.1. The molecule has 0 N–H and O–H groups in total. The fourth-order valence-corrected chi connectivity index (χ4v) is 3.15. The monoisotopic (exact) mass is 349 g/mol. The standard InChI is InChI=1S/C18H23NO6/c1-12-5-3-4-6-19(12)16(20)11-25-18(21)13-9-14(22-2)17-15(10-13)23-7-8-24-17/h9-10,12H,3-8,11H2,1-2H3/t12-/m0/s1. The SMILES string of the molecule is COc1cc(C(=O)OCC(=O)N2CCCC[C@@H]2C)cc2c1OCCO2. The van der Waals surface area contributed by atoms with Crippen LogP contribution < -0.4 is 14.2 Å². The van der Waals surface area contributed by atoms with Gasteiger partial charge in [0.15, 0.2) is 18.1 Å². The zero-order chi connectivity index (χ0) is 17.8. The van der Waals surface area contributed by atoms with Gasteiger partial charge in [-0.15, -0.1) is 0 Å². The van der Waals surface area contributed by atoms with Crippen molar-refractivity contribution in [1.82, 2.24) is 4.90 Å². The number of carbonyl (C=O) groups excluding carboxylic acids is 2. The summed E-state index contributed by atoms with van der Waals surface area (Å²) < 4.78 is 21.5. The molecular formula is C18H23NO6. The highest BCUT2D eigenvalue weighted by atomic mass is 16.6. The number of methoxy groups -OCH3 is 1. The molecule has 1 aromatic carbocycles. The van der Waals surface area contributed by atoms with Gasteiger partial charge >= 0.3 is 5.97 Å². The molecule has 7 nitrogen and oxygen atoms in total. The molecule has 1 saturated heterocycles. The molecule has 1 fully saturated rings. The third-order valence-electron chi connectivity index (χ3n) is 4.51. The van der Waals surface area contributed by atoms with E-state index in [-0.39, 0.29) is 24.1 Å². The highest BCUT2D eigenvalue weighted by Crippen LogP contribution is 2.40. The average molecular weight is 349 g/mol. The van der Waals surface area contributed by atoms with Gasteiger partial charge in [0.25, 0.3) is 5.91 Å². The molecule has 0 spiro atoms. The molecule has 136 valence electrons. The first-order valence-electron chi connectivity index (χ1n) is 8.54. The summed E-state index contributed by atoms with van der Waals surface area (Å²) in [4.78, 5) is 26.4. The molecule has 0 aliphatic carbocycles. The summed E-state index contributed by atoms with van der Waals surface area (Å²) in [6.07, 6.45) is 3.10. The lowest BCUT2D eigenvalue weighted by Crippen LogP contribution is -2.44. The molecule has 0 aromatic heterocycles. The van der Waals surface area contributed by atoms with E-state index >= 15 is 0 Å². The Hall–Kier alpha value is -2.44. The molecule has 7 heteroatoms. The van der Waals surface area contributed by atoms with Crippen molar-refractivity contribution >= 4 is 11.9 Å². The molecule has 3 rings (SSSR count). The van der Waals surface area contributed by atoms with Crippen LogP contribution in [0.15, 0.2) is 12.1 Å². The topological polar surface area (TPSA) is 74.3 Å². The molecule has 1 amide bonds. The molecule has 1 aromatic rings. The lowest BCUT2D eigenvalue weighted by atomic mass is 10.0. The second kappa shape index (κ2) is 7.63. The van der Waals surface area contributed by atoms with Crippen LogP contribution in [0.1, 0.15) is 36.5 Å². The minimum Gasteiger partial charge on any atom is -0.493 e. The van der Waals surface area contributed by atoms with Gasteiger partial charge < -0.3 is 23.8 Å². The molecule has 25 heavy (non-hydrogen) atoms. The summed E-state index contributed by atoms with van der Waals surface area (Å²) in [5.41, 5.74) is 0.264. The molecular weight excluding hydrogens is 326 g/mol. The maximum absolute atomic E-state index is 12.3. The smallest absolute Gasteiger partial charge is 0.338 e. The van der Waals surface area contributed by atoms with Crippen LogP contribution in [0.4, 0.5) is 0 Å². The van der Waals surface area contributed by atoms with Gasteiger partial charge in [-0.3, -0.25) is 4.79 Å². The number of hydrogen-bond acceptors (Lipinski definition) is 6. The van der Waals surface area contributed by atoms with E-state index in [0.29, 0.717) is 30.5 Å². The zero-order valence-corrected chi connectivity index (χ0v) is 14.6. The summed E-state index contributed by atoms with van der Waals surface area (Å²) in [5, 5.41) is 0. The Morgan fingerprint density at radius 2 is 2.04 bits per heavy atom. The number of nitrogens with zero attached hydrogens (tertiary/aromatic N) is 1. The summed E-state index contributed by atoms with van der Waals surface area (Å²) >= 11 is 0. The van der Waals surface area contributed by atoms with Crippen LogP contribution in [0.25, 0.3) is 0 Å². The number of likely N-dealkylation sites (tertiary alicyclic amines) is 1. The second-order valence-electron chi connectivity index (χ2n) is 6.21. The van der Waals surface area contributed by atoms with Crippen molar-refractivity contribution in [3.05, 3.63) is 17.7 Å². The molecule has 0 saturated carbocycles. The minimum absolute atomic E-state index is 0.162. The summed E-state index contributed by atoms with van der Waals surface area (Å²) in [6, 6.07) is 3.27. The van der Waals surface area contributed by atoms with Gasteiger partial charge in [0.2, 0.25) is 5.75 Å². The Morgan fingerprint density at radius 3 is 2.80 bits per heavy atom. The Labute approximate surface area is 146 Å². The Bertz CT molecular complexity index is 642. The van der Waals surface area contributed by atoms with Crippen LogP contribution in [0.2, 0.25) is 0 Å². The van der Waals surface area contributed by atoms with E-state index in [1.54, 1.807) is 11.0 Å². The molecule has 0 bridgehead atoms. The molecule has 2 heterocycles. The van der Waals surface area contributed by atoms with E-state index in [4.69, 9.17) is 18.9 Å². The maximum atomic E-state index is 12.3. The molecule has 2 aliphatic rings. The number of ether oxygens (including phenoxy) is 4. The number of rotatable bonds is 4. The zero-order valence-electron chi connectivity index (χ0n) is 14.6. The van der Waals surface area contributed by atoms with Gasteiger partial charge in [-0.05, 0) is 38.3 Å². The minimum atomic E-state index is -0.590. The lowest BCUT2D eigenvalue weighted by Gasteiger charge is -2.33. The van der Waals surface area contributed by atoms with Crippen LogP contribution in [-0.4, -0.2) is 56.3 Å². The first-order valence-corrected chi connectivity index (χ1v) is 8.54. The predicted octanol–water partition coefficient (Wildman–Crippen LogP) is 2.02. The van der Waals surface area contributed by atoms with Crippen LogP contribution in [0.3, 0.4) is 0 Å². The Kier molecular flexibility index (Phi) is 5.31. The van der Waals surface area contributed by atoms with E-state index in [2.05, 4.69) is 0 Å². The van der Waals surface area contributed by atoms with Crippen molar-refractivity contribution < 1.29 is 28.5 Å². The number of piperidine rings is 1. The number of hydrogen-bond donors (Lipinski definition) is 0. The van der Waals surface area contributed by atoms with Crippen LogP contribution in [0.5, 0.6) is 17.2 Å². The number of esters is 1. The normalized spacial score (nSPS) is 19.3. The van der Waals surface area contributed by atoms with Crippen molar-refractivity contribution in [2.45, 2.75) is 32.2 Å². The fourth-order valence-electron chi connectivity index (χ4n) is 3.15. The number of amides is 1. The number of carbonyl (C=O) groups is 2. The van der Waals surface area contributed by atoms with Gasteiger partial charge in [-0.1, -0.05) is 0 Å². The lowest BCUT2D eigenvalue weighted by molar-refractivity contribution is -0.137. The molecule has 1 atom stereocenters. The fraction of sp³-hybridized carbons (Fsp3) is 0.556. The quantitative estimate of drug-likeness (QED) is 0.775. The van der Waals surface area contributed by atoms with Gasteiger partial charge in [0.05, 0.1) is 12.7 Å². The highest BCUT2D eigenvalue weighted by Gasteiger charge is 2.25. The number of benzene rings is 1. The maximum Gasteiger partial charge on any atom is 0.338 e. The van der Waals surface area contributed by atoms with Crippen molar-refractivity contribution in [3.63, 3.8) is 0 Å². The molecule has 2 aliphatic heterocycles. The van der Waals surface area contributed by atoms with Crippen LogP contribution in [0, 0.1) is 0 Å². The second-order valence-corrected chi connectivity index (χ2v) is 6.21. The van der Waals surface area contributed by atoms with Gasteiger partial charge in [0.1, 0.15) is 13.2 Å². The van der Waals surface area contributed by atoms with Crippen molar-refractivity contribution in [2.75, 3.05) is 33.5 Å². The summed E-state index contributed by atoms with van der Waals surface area (Å²) in [6.45, 7) is 3.30. The highest BCUT2D eigenvalue weighted by molar-refractivity contribution is 5.93. The van der Waals surface area contributed by atoms with E-state index in [0.717, 1.165) is 25.8 Å². The van der Waals surface area contributed by atoms with E-state index in [1.807, 2.05) is 6.92 Å². The van der Waals surface area contributed by atoms with Gasteiger partial charge in [-0.2, -0.15) is 0 Å². The Morgan fingerprint density at radius 1 is 1.24 bits per heavy atom. The third-order valence-corrected chi connectivity index (χ3v) is 4.51. The average Bonchev–Trinajstić information content (AvgIpc) is 2.65. The summed E-state index contributed by atoms with van der Waals surface area (Å²) in [5.74, 6) is 0.565. The molecule has 0 unspecified atom stereocenters. The predicted molar refractivity (Wildman–Crippen MR) is 89.3 cm³/mol. The van der Waals surface area contributed by atoms with Crippen molar-refractivity contribution in [1.29, 1.82) is 0 Å². The van der Waals surface area contributed by atoms with Gasteiger partial charge in [0, 0.05) is 12.6 Å². The third kappa shape index (κ3) is 3.81. The largest absolute Gasteiger partial charge is 0.493 e. The van der Waals surface area contributed by atoms with Crippen LogP contribution >= 0.6 is 0 Å². The Balaban J connectivity index is 1.66. The molecule has 0 radical (unpaired) electrons. The van der Waals surface area contributed by atoms with E-state index < -0.39 is 5.97 Å². The number of fused-ring (bicyclic) bond motifs is 1. The van der Waals surface area contributed by atoms with E-state index in [1.165, 1.54) is 13.2 Å². The van der Waals surface area contributed by atoms with Gasteiger partial charge in [-0.25, -0.2) is 4.79 Å². The summed E-state index contributed by atoms with van der Waals surface area (Å²) in [7, 11) is 1.49.